The number of benzene rings is 3. The van der Waals surface area contributed by atoms with Crippen LogP contribution in [0.1, 0.15) is 29.2 Å². The largest absolute Gasteiger partial charge is 0.347 e. The maximum absolute atomic E-state index is 13.6. The molecular weight excluding hydrogens is 414 g/mol. The van der Waals surface area contributed by atoms with E-state index in [9.17, 15) is 14.4 Å². The van der Waals surface area contributed by atoms with Crippen LogP contribution in [0.25, 0.3) is 0 Å². The molecule has 6 nitrogen and oxygen atoms in total. The number of aryl methyl sites for hydroxylation is 1. The van der Waals surface area contributed by atoms with Gasteiger partial charge in [0, 0.05) is 12.2 Å². The topological polar surface area (TPSA) is 78.5 Å². The Balaban J connectivity index is 1.45. The molecule has 0 spiro atoms. The summed E-state index contributed by atoms with van der Waals surface area (Å²) in [7, 11) is 0. The van der Waals surface area contributed by atoms with Crippen molar-refractivity contribution in [3.63, 3.8) is 0 Å². The first-order valence-electron chi connectivity index (χ1n) is 11.2. The minimum atomic E-state index is -0.837. The van der Waals surface area contributed by atoms with Crippen LogP contribution in [0.4, 0.5) is 5.69 Å². The van der Waals surface area contributed by atoms with Crippen LogP contribution in [0.5, 0.6) is 0 Å². The monoisotopic (exact) mass is 441 g/mol. The van der Waals surface area contributed by atoms with Gasteiger partial charge in [-0.15, -0.1) is 0 Å². The fourth-order valence-electron chi connectivity index (χ4n) is 4.09. The van der Waals surface area contributed by atoms with Crippen molar-refractivity contribution in [2.45, 2.75) is 25.3 Å². The Morgan fingerprint density at radius 3 is 2.24 bits per heavy atom. The number of hydrogen-bond donors (Lipinski definition) is 2. The van der Waals surface area contributed by atoms with E-state index in [1.165, 1.54) is 0 Å². The van der Waals surface area contributed by atoms with E-state index < -0.39 is 11.9 Å². The van der Waals surface area contributed by atoms with Crippen LogP contribution < -0.4 is 15.5 Å². The Kier molecular flexibility index (Phi) is 7.15. The van der Waals surface area contributed by atoms with Crippen LogP contribution in [-0.4, -0.2) is 30.8 Å². The molecule has 4 rings (SSSR count). The lowest BCUT2D eigenvalue weighted by atomic mass is 9.99. The summed E-state index contributed by atoms with van der Waals surface area (Å²) in [6.07, 6.45) is 1.99. The molecule has 3 aromatic rings. The summed E-state index contributed by atoms with van der Waals surface area (Å²) in [5, 5.41) is 5.48. The van der Waals surface area contributed by atoms with Crippen LogP contribution in [0, 0.1) is 0 Å². The third-order valence-electron chi connectivity index (χ3n) is 5.72. The predicted molar refractivity (Wildman–Crippen MR) is 128 cm³/mol. The van der Waals surface area contributed by atoms with Crippen molar-refractivity contribution in [2.24, 2.45) is 0 Å². The summed E-state index contributed by atoms with van der Waals surface area (Å²) in [5.41, 5.74) is 3.59. The average Bonchev–Trinajstić information content (AvgIpc) is 2.86. The zero-order chi connectivity index (χ0) is 23.0. The highest BCUT2D eigenvalue weighted by atomic mass is 16.2. The summed E-state index contributed by atoms with van der Waals surface area (Å²) in [5.74, 6) is -0.842. The van der Waals surface area contributed by atoms with Crippen LogP contribution >= 0.6 is 0 Å². The number of para-hydroxylation sites is 1. The van der Waals surface area contributed by atoms with Gasteiger partial charge in [-0.3, -0.25) is 14.4 Å². The number of carbonyl (C=O) groups is 3. The smallest absolute Gasteiger partial charge is 0.254 e. The second-order valence-corrected chi connectivity index (χ2v) is 8.07. The van der Waals surface area contributed by atoms with Gasteiger partial charge < -0.3 is 15.5 Å². The number of amides is 3. The SMILES string of the molecule is O=C(Cc1ccccc1)NCC(=O)N[C@H](C(=O)N1CCCc2ccccc21)c1ccccc1. The zero-order valence-corrected chi connectivity index (χ0v) is 18.4. The van der Waals surface area contributed by atoms with Crippen LogP contribution in [-0.2, 0) is 27.2 Å². The van der Waals surface area contributed by atoms with Gasteiger partial charge in [-0.25, -0.2) is 0 Å². The van der Waals surface area contributed by atoms with E-state index in [0.717, 1.165) is 29.7 Å². The standard InChI is InChI=1S/C27H27N3O3/c31-24(18-20-10-3-1-4-11-20)28-19-25(32)29-26(22-13-5-2-6-14-22)27(33)30-17-9-15-21-12-7-8-16-23(21)30/h1-8,10-14,16,26H,9,15,17-19H2,(H,28,31)(H,29,32)/t26-/m0/s1. The van der Waals surface area contributed by atoms with Gasteiger partial charge in [0.15, 0.2) is 0 Å². The van der Waals surface area contributed by atoms with E-state index in [2.05, 4.69) is 10.6 Å². The van der Waals surface area contributed by atoms with Gasteiger partial charge in [-0.05, 0) is 35.6 Å². The lowest BCUT2D eigenvalue weighted by molar-refractivity contribution is -0.128. The molecule has 2 N–H and O–H groups in total. The van der Waals surface area contributed by atoms with Gasteiger partial charge in [-0.1, -0.05) is 78.9 Å². The van der Waals surface area contributed by atoms with E-state index in [1.807, 2.05) is 84.9 Å². The zero-order valence-electron chi connectivity index (χ0n) is 18.4. The van der Waals surface area contributed by atoms with Crippen LogP contribution in [0.15, 0.2) is 84.9 Å². The molecule has 0 saturated heterocycles. The van der Waals surface area contributed by atoms with Crippen molar-refractivity contribution >= 4 is 23.4 Å². The summed E-state index contributed by atoms with van der Waals surface area (Å²) >= 11 is 0. The summed E-state index contributed by atoms with van der Waals surface area (Å²) in [6, 6.07) is 25.6. The second kappa shape index (κ2) is 10.6. The number of nitrogens with zero attached hydrogens (tertiary/aromatic N) is 1. The molecule has 0 unspecified atom stereocenters. The van der Waals surface area contributed by atoms with Crippen molar-refractivity contribution in [2.75, 3.05) is 18.0 Å². The van der Waals surface area contributed by atoms with Crippen molar-refractivity contribution in [1.82, 2.24) is 10.6 Å². The highest BCUT2D eigenvalue weighted by Crippen LogP contribution is 2.29. The molecule has 33 heavy (non-hydrogen) atoms. The molecule has 3 amide bonds. The molecule has 168 valence electrons. The van der Waals surface area contributed by atoms with Gasteiger partial charge in [0.2, 0.25) is 11.8 Å². The van der Waals surface area contributed by atoms with Crippen molar-refractivity contribution < 1.29 is 14.4 Å². The van der Waals surface area contributed by atoms with Gasteiger partial charge in [0.25, 0.3) is 5.91 Å². The van der Waals surface area contributed by atoms with Crippen LogP contribution in [0.3, 0.4) is 0 Å². The number of hydrogen-bond acceptors (Lipinski definition) is 3. The second-order valence-electron chi connectivity index (χ2n) is 8.07. The van der Waals surface area contributed by atoms with E-state index in [0.29, 0.717) is 12.1 Å². The number of carbonyl (C=O) groups excluding carboxylic acids is 3. The Labute approximate surface area is 193 Å². The Bertz CT molecular complexity index is 1120. The predicted octanol–water partition coefficient (Wildman–Crippen LogP) is 3.18. The van der Waals surface area contributed by atoms with Gasteiger partial charge in [0.1, 0.15) is 6.04 Å². The normalized spacial score (nSPS) is 13.5. The Morgan fingerprint density at radius 1 is 0.818 bits per heavy atom. The van der Waals surface area contributed by atoms with Crippen molar-refractivity contribution in [1.29, 1.82) is 0 Å². The first kappa shape index (κ1) is 22.3. The fraction of sp³-hybridized carbons (Fsp3) is 0.222. The number of fused-ring (bicyclic) bond motifs is 1. The van der Waals surface area contributed by atoms with E-state index in [4.69, 9.17) is 0 Å². The van der Waals surface area contributed by atoms with E-state index in [-0.39, 0.29) is 24.8 Å². The first-order chi connectivity index (χ1) is 16.1. The Hall–Kier alpha value is -3.93. The summed E-state index contributed by atoms with van der Waals surface area (Å²) < 4.78 is 0. The minimum absolute atomic E-state index is 0.183. The molecule has 0 saturated carbocycles. The molecule has 1 aliphatic heterocycles. The molecule has 0 aromatic heterocycles. The molecular formula is C27H27N3O3. The first-order valence-corrected chi connectivity index (χ1v) is 11.2. The van der Waals surface area contributed by atoms with Crippen molar-refractivity contribution in [3.8, 4) is 0 Å². The Morgan fingerprint density at radius 2 is 1.48 bits per heavy atom. The molecule has 3 aromatic carbocycles. The maximum Gasteiger partial charge on any atom is 0.254 e. The number of nitrogens with one attached hydrogen (secondary N) is 2. The molecule has 0 aliphatic carbocycles. The van der Waals surface area contributed by atoms with Gasteiger partial charge in [0.05, 0.1) is 13.0 Å². The quantitative estimate of drug-likeness (QED) is 0.591. The van der Waals surface area contributed by atoms with Crippen LogP contribution in [0.2, 0.25) is 0 Å². The molecule has 0 fully saturated rings. The molecule has 0 radical (unpaired) electrons. The number of anilines is 1. The molecule has 1 atom stereocenters. The average molecular weight is 442 g/mol. The fourth-order valence-corrected chi connectivity index (χ4v) is 4.09. The van der Waals surface area contributed by atoms with E-state index in [1.54, 1.807) is 4.90 Å². The van der Waals surface area contributed by atoms with E-state index >= 15 is 0 Å². The third-order valence-corrected chi connectivity index (χ3v) is 5.72. The molecule has 0 bridgehead atoms. The molecule has 1 heterocycles. The molecule has 6 heteroatoms. The summed E-state index contributed by atoms with van der Waals surface area (Å²) in [4.78, 5) is 40.3. The molecule has 1 aliphatic rings. The minimum Gasteiger partial charge on any atom is -0.347 e. The number of rotatable bonds is 7. The highest BCUT2D eigenvalue weighted by Gasteiger charge is 2.30. The van der Waals surface area contributed by atoms with Gasteiger partial charge in [-0.2, -0.15) is 0 Å². The van der Waals surface area contributed by atoms with Gasteiger partial charge >= 0.3 is 0 Å². The third kappa shape index (κ3) is 5.66. The maximum atomic E-state index is 13.6. The lowest BCUT2D eigenvalue weighted by Gasteiger charge is -2.32. The summed E-state index contributed by atoms with van der Waals surface area (Å²) in [6.45, 7) is 0.404. The lowest BCUT2D eigenvalue weighted by Crippen LogP contribution is -2.47. The highest BCUT2D eigenvalue weighted by molar-refractivity contribution is 6.01. The van der Waals surface area contributed by atoms with Crippen molar-refractivity contribution in [3.05, 3.63) is 102 Å².